The molecule has 0 spiro atoms. The molecule has 1 atom stereocenters. The molecule has 22 heavy (non-hydrogen) atoms. The van der Waals surface area contributed by atoms with E-state index in [1.54, 1.807) is 24.3 Å². The monoisotopic (exact) mass is 322 g/mol. The first kappa shape index (κ1) is 16.3. The molecule has 0 saturated carbocycles. The summed E-state index contributed by atoms with van der Waals surface area (Å²) in [7, 11) is -3.34. The molecule has 0 bridgehead atoms. The van der Waals surface area contributed by atoms with E-state index in [-0.39, 0.29) is 11.9 Å². The summed E-state index contributed by atoms with van der Waals surface area (Å²) in [6.07, 6.45) is 1.11. The van der Waals surface area contributed by atoms with Gasteiger partial charge in [0.15, 0.2) is 0 Å². The van der Waals surface area contributed by atoms with E-state index in [9.17, 15) is 12.8 Å². The topological polar surface area (TPSA) is 58.2 Å². The number of rotatable bonds is 5. The number of benzene rings is 2. The van der Waals surface area contributed by atoms with E-state index in [2.05, 4.69) is 10.0 Å². The van der Waals surface area contributed by atoms with Crippen LogP contribution in [0.5, 0.6) is 0 Å². The van der Waals surface area contributed by atoms with Crippen LogP contribution < -0.4 is 10.0 Å². The fourth-order valence-corrected chi connectivity index (χ4v) is 2.79. The van der Waals surface area contributed by atoms with Gasteiger partial charge in [0.1, 0.15) is 5.82 Å². The standard InChI is InChI=1S/C16H19FN2O2S/c1-11-8-9-13(10-16(11)19-22(3,20)21)18-12(2)14-6-4-5-7-15(14)17/h4-10,12,18-19H,1-3H3. The van der Waals surface area contributed by atoms with Gasteiger partial charge in [0.2, 0.25) is 10.0 Å². The summed E-state index contributed by atoms with van der Waals surface area (Å²) >= 11 is 0. The average Bonchev–Trinajstić information content (AvgIpc) is 2.41. The van der Waals surface area contributed by atoms with E-state index in [0.717, 1.165) is 11.8 Å². The molecule has 6 heteroatoms. The summed E-state index contributed by atoms with van der Waals surface area (Å²) in [5.74, 6) is -0.274. The van der Waals surface area contributed by atoms with Crippen LogP contribution in [0.25, 0.3) is 0 Å². The third-order valence-corrected chi connectivity index (χ3v) is 3.88. The van der Waals surface area contributed by atoms with Crippen molar-refractivity contribution in [1.82, 2.24) is 0 Å². The van der Waals surface area contributed by atoms with Crippen molar-refractivity contribution >= 4 is 21.4 Å². The second kappa shape index (κ2) is 6.36. The summed E-state index contributed by atoms with van der Waals surface area (Å²) in [5.41, 5.74) is 2.59. The van der Waals surface area contributed by atoms with Crippen LogP contribution >= 0.6 is 0 Å². The molecule has 0 saturated heterocycles. The van der Waals surface area contributed by atoms with Crippen LogP contribution in [0, 0.1) is 12.7 Å². The van der Waals surface area contributed by atoms with Gasteiger partial charge in [-0.3, -0.25) is 4.72 Å². The van der Waals surface area contributed by atoms with Crippen LogP contribution in [0.15, 0.2) is 42.5 Å². The van der Waals surface area contributed by atoms with E-state index in [0.29, 0.717) is 16.9 Å². The van der Waals surface area contributed by atoms with Crippen LogP contribution in [0.3, 0.4) is 0 Å². The Morgan fingerprint density at radius 3 is 2.45 bits per heavy atom. The molecule has 2 rings (SSSR count). The highest BCUT2D eigenvalue weighted by Gasteiger charge is 2.11. The summed E-state index contributed by atoms with van der Waals surface area (Å²) in [4.78, 5) is 0. The van der Waals surface area contributed by atoms with Crippen molar-refractivity contribution in [1.29, 1.82) is 0 Å². The third-order valence-electron chi connectivity index (χ3n) is 3.29. The first-order valence-electron chi connectivity index (χ1n) is 6.85. The second-order valence-corrected chi connectivity index (χ2v) is 7.04. The van der Waals surface area contributed by atoms with Crippen molar-refractivity contribution in [2.24, 2.45) is 0 Å². The first-order chi connectivity index (χ1) is 10.3. The maximum atomic E-state index is 13.8. The summed E-state index contributed by atoms with van der Waals surface area (Å²) in [6.45, 7) is 3.67. The molecule has 0 aliphatic carbocycles. The van der Waals surface area contributed by atoms with E-state index < -0.39 is 10.0 Å². The Bertz CT molecular complexity index is 775. The predicted molar refractivity (Wildman–Crippen MR) is 88.1 cm³/mol. The van der Waals surface area contributed by atoms with Crippen LogP contribution in [0.4, 0.5) is 15.8 Å². The Labute approximate surface area is 130 Å². The molecule has 0 amide bonds. The molecule has 0 heterocycles. The van der Waals surface area contributed by atoms with Gasteiger partial charge >= 0.3 is 0 Å². The highest BCUT2D eigenvalue weighted by atomic mass is 32.2. The number of halogens is 1. The molecule has 0 radical (unpaired) electrons. The van der Waals surface area contributed by atoms with Crippen molar-refractivity contribution in [3.63, 3.8) is 0 Å². The normalized spacial score (nSPS) is 12.7. The zero-order valence-corrected chi connectivity index (χ0v) is 13.5. The molecule has 0 fully saturated rings. The lowest BCUT2D eigenvalue weighted by Gasteiger charge is -2.18. The van der Waals surface area contributed by atoms with Crippen LogP contribution in [-0.2, 0) is 10.0 Å². The molecule has 2 aromatic rings. The molecule has 0 aromatic heterocycles. The Morgan fingerprint density at radius 1 is 1.14 bits per heavy atom. The fraction of sp³-hybridized carbons (Fsp3) is 0.250. The quantitative estimate of drug-likeness (QED) is 0.883. The van der Waals surface area contributed by atoms with Crippen LogP contribution in [0.2, 0.25) is 0 Å². The highest BCUT2D eigenvalue weighted by Crippen LogP contribution is 2.25. The van der Waals surface area contributed by atoms with E-state index >= 15 is 0 Å². The molecular weight excluding hydrogens is 303 g/mol. The van der Waals surface area contributed by atoms with Gasteiger partial charge in [-0.2, -0.15) is 0 Å². The van der Waals surface area contributed by atoms with Gasteiger partial charge in [0.25, 0.3) is 0 Å². The Morgan fingerprint density at radius 2 is 1.82 bits per heavy atom. The van der Waals surface area contributed by atoms with Crippen molar-refractivity contribution in [2.45, 2.75) is 19.9 Å². The maximum absolute atomic E-state index is 13.8. The fourth-order valence-electron chi connectivity index (χ4n) is 2.18. The minimum absolute atomic E-state index is 0.241. The summed E-state index contributed by atoms with van der Waals surface area (Å²) < 4.78 is 39.0. The number of sulfonamides is 1. The van der Waals surface area contributed by atoms with Crippen molar-refractivity contribution < 1.29 is 12.8 Å². The van der Waals surface area contributed by atoms with Gasteiger partial charge in [-0.1, -0.05) is 24.3 Å². The molecule has 0 aliphatic heterocycles. The second-order valence-electron chi connectivity index (χ2n) is 5.29. The van der Waals surface area contributed by atoms with Crippen molar-refractivity contribution in [2.75, 3.05) is 16.3 Å². The highest BCUT2D eigenvalue weighted by molar-refractivity contribution is 7.92. The third kappa shape index (κ3) is 4.21. The van der Waals surface area contributed by atoms with Crippen LogP contribution in [-0.4, -0.2) is 14.7 Å². The first-order valence-corrected chi connectivity index (χ1v) is 8.75. The van der Waals surface area contributed by atoms with E-state index in [4.69, 9.17) is 0 Å². The predicted octanol–water partition coefficient (Wildman–Crippen LogP) is 3.68. The van der Waals surface area contributed by atoms with Gasteiger partial charge < -0.3 is 5.32 Å². The lowest BCUT2D eigenvalue weighted by molar-refractivity contribution is 0.600. The minimum Gasteiger partial charge on any atom is -0.378 e. The number of hydrogen-bond donors (Lipinski definition) is 2. The minimum atomic E-state index is -3.34. The van der Waals surface area contributed by atoms with Gasteiger partial charge in [0, 0.05) is 11.3 Å². The molecule has 1 unspecified atom stereocenters. The maximum Gasteiger partial charge on any atom is 0.229 e. The average molecular weight is 322 g/mol. The molecule has 4 nitrogen and oxygen atoms in total. The lowest BCUT2D eigenvalue weighted by atomic mass is 10.1. The summed E-state index contributed by atoms with van der Waals surface area (Å²) in [5, 5.41) is 3.18. The van der Waals surface area contributed by atoms with E-state index in [1.165, 1.54) is 6.07 Å². The van der Waals surface area contributed by atoms with Crippen molar-refractivity contribution in [3.05, 3.63) is 59.4 Å². The van der Waals surface area contributed by atoms with Gasteiger partial charge in [-0.15, -0.1) is 0 Å². The zero-order chi connectivity index (χ0) is 16.3. The Balaban J connectivity index is 2.23. The number of aryl methyl sites for hydroxylation is 1. The molecule has 0 aliphatic rings. The molecular formula is C16H19FN2O2S. The smallest absolute Gasteiger partial charge is 0.229 e. The molecule has 2 N–H and O–H groups in total. The van der Waals surface area contributed by atoms with Gasteiger partial charge in [-0.05, 0) is 37.6 Å². The zero-order valence-electron chi connectivity index (χ0n) is 12.7. The SMILES string of the molecule is Cc1ccc(NC(C)c2ccccc2F)cc1NS(C)(=O)=O. The van der Waals surface area contributed by atoms with Gasteiger partial charge in [-0.25, -0.2) is 12.8 Å². The molecule has 2 aromatic carbocycles. The van der Waals surface area contributed by atoms with Crippen LogP contribution in [0.1, 0.15) is 24.1 Å². The number of hydrogen-bond acceptors (Lipinski definition) is 3. The number of nitrogens with one attached hydrogen (secondary N) is 2. The lowest BCUT2D eigenvalue weighted by Crippen LogP contribution is -2.12. The Kier molecular flexibility index (Phi) is 4.71. The van der Waals surface area contributed by atoms with Gasteiger partial charge in [0.05, 0.1) is 18.0 Å². The summed E-state index contributed by atoms with van der Waals surface area (Å²) in [6, 6.07) is 11.7. The van der Waals surface area contributed by atoms with Crippen molar-refractivity contribution in [3.8, 4) is 0 Å². The van der Waals surface area contributed by atoms with E-state index in [1.807, 2.05) is 26.0 Å². The number of anilines is 2. The Hall–Kier alpha value is -2.08. The largest absolute Gasteiger partial charge is 0.378 e. The molecule has 118 valence electrons.